The second kappa shape index (κ2) is 5.82. The zero-order valence-electron chi connectivity index (χ0n) is 13.4. The van der Waals surface area contributed by atoms with Gasteiger partial charge in [0, 0.05) is 38.4 Å². The molecule has 21 heavy (non-hydrogen) atoms. The van der Waals surface area contributed by atoms with Gasteiger partial charge in [-0.25, -0.2) is 0 Å². The maximum Gasteiger partial charge on any atom is 0.120 e. The predicted octanol–water partition coefficient (Wildman–Crippen LogP) is 2.15. The van der Waals surface area contributed by atoms with E-state index in [1.54, 1.807) is 0 Å². The average molecular weight is 286 g/mol. The Morgan fingerprint density at radius 3 is 2.62 bits per heavy atom. The van der Waals surface area contributed by atoms with Crippen LogP contribution in [-0.4, -0.2) is 47.6 Å². The van der Waals surface area contributed by atoms with Crippen LogP contribution in [0.3, 0.4) is 0 Å². The Morgan fingerprint density at radius 1 is 1.33 bits per heavy atom. The summed E-state index contributed by atoms with van der Waals surface area (Å²) in [7, 11) is 4.43. The molecule has 1 aromatic heterocycles. The minimum Gasteiger partial charge on any atom is -0.339 e. The quantitative estimate of drug-likeness (QED) is 0.832. The maximum absolute atomic E-state index is 9.17. The Balaban J connectivity index is 1.68. The van der Waals surface area contributed by atoms with E-state index < -0.39 is 0 Å². The van der Waals surface area contributed by atoms with Gasteiger partial charge < -0.3 is 9.47 Å². The van der Waals surface area contributed by atoms with Crippen molar-refractivity contribution >= 4 is 0 Å². The van der Waals surface area contributed by atoms with Crippen LogP contribution in [0.1, 0.15) is 31.0 Å². The summed E-state index contributed by atoms with van der Waals surface area (Å²) in [6.07, 6.45) is 4.99. The van der Waals surface area contributed by atoms with E-state index in [9.17, 15) is 5.26 Å². The fraction of sp³-hybridized carbons (Fsp3) is 0.706. The summed E-state index contributed by atoms with van der Waals surface area (Å²) >= 11 is 0. The highest BCUT2D eigenvalue weighted by molar-refractivity contribution is 5.28. The molecule has 0 spiro atoms. The van der Waals surface area contributed by atoms with E-state index >= 15 is 0 Å². The van der Waals surface area contributed by atoms with Gasteiger partial charge in [0.05, 0.1) is 0 Å². The Kier molecular flexibility index (Phi) is 4.05. The third kappa shape index (κ3) is 3.00. The molecule has 2 fully saturated rings. The van der Waals surface area contributed by atoms with Crippen LogP contribution in [0.15, 0.2) is 12.3 Å². The summed E-state index contributed by atoms with van der Waals surface area (Å²) in [5.74, 6) is 1.79. The Labute approximate surface area is 127 Å². The molecule has 2 aliphatic rings. The zero-order valence-corrected chi connectivity index (χ0v) is 13.4. The smallest absolute Gasteiger partial charge is 0.120 e. The van der Waals surface area contributed by atoms with Gasteiger partial charge in [0.2, 0.25) is 0 Å². The molecule has 1 aliphatic carbocycles. The molecule has 4 heteroatoms. The van der Waals surface area contributed by atoms with Crippen LogP contribution in [0.2, 0.25) is 0 Å². The molecule has 4 nitrogen and oxygen atoms in total. The van der Waals surface area contributed by atoms with Crippen molar-refractivity contribution in [1.82, 2.24) is 14.4 Å². The SMILES string of the molecule is CCn1cc(CN2C[C@@H](N(C)C)[C@H](C3CC3)C2)cc1C#N. The first-order chi connectivity index (χ1) is 10.1. The fourth-order valence-electron chi connectivity index (χ4n) is 3.83. The van der Waals surface area contributed by atoms with E-state index in [4.69, 9.17) is 0 Å². The Bertz CT molecular complexity index is 525. The molecule has 1 saturated heterocycles. The van der Waals surface area contributed by atoms with Gasteiger partial charge in [0.25, 0.3) is 0 Å². The summed E-state index contributed by atoms with van der Waals surface area (Å²) in [4.78, 5) is 4.98. The molecule has 2 atom stereocenters. The molecule has 0 amide bonds. The van der Waals surface area contributed by atoms with Crippen LogP contribution in [0.4, 0.5) is 0 Å². The number of hydrogen-bond acceptors (Lipinski definition) is 3. The second-order valence-electron chi connectivity index (χ2n) is 6.86. The monoisotopic (exact) mass is 286 g/mol. The molecular formula is C17H26N4. The topological polar surface area (TPSA) is 35.2 Å². The minimum absolute atomic E-state index is 0.696. The van der Waals surface area contributed by atoms with E-state index in [1.165, 1.54) is 24.9 Å². The lowest BCUT2D eigenvalue weighted by molar-refractivity contribution is 0.233. The highest BCUT2D eigenvalue weighted by atomic mass is 15.2. The number of hydrogen-bond donors (Lipinski definition) is 0. The molecule has 1 aliphatic heterocycles. The van der Waals surface area contributed by atoms with Crippen molar-refractivity contribution in [3.05, 3.63) is 23.5 Å². The van der Waals surface area contributed by atoms with Crippen molar-refractivity contribution in [3.63, 3.8) is 0 Å². The first-order valence-corrected chi connectivity index (χ1v) is 8.10. The molecule has 0 N–H and O–H groups in total. The molecule has 0 unspecified atom stereocenters. The highest BCUT2D eigenvalue weighted by Crippen LogP contribution is 2.42. The molecule has 2 heterocycles. The number of aryl methyl sites for hydroxylation is 1. The van der Waals surface area contributed by atoms with Gasteiger partial charge in [-0.2, -0.15) is 5.26 Å². The molecule has 0 aromatic carbocycles. The van der Waals surface area contributed by atoms with Gasteiger partial charge in [-0.05, 0) is 57.3 Å². The molecule has 1 saturated carbocycles. The third-order valence-corrected chi connectivity index (χ3v) is 5.11. The molecule has 0 radical (unpaired) electrons. The van der Waals surface area contributed by atoms with Gasteiger partial charge in [0.1, 0.15) is 11.8 Å². The van der Waals surface area contributed by atoms with Gasteiger partial charge in [0.15, 0.2) is 0 Å². The number of likely N-dealkylation sites (N-methyl/N-ethyl adjacent to an activating group) is 1. The first kappa shape index (κ1) is 14.6. The van der Waals surface area contributed by atoms with Gasteiger partial charge >= 0.3 is 0 Å². The second-order valence-corrected chi connectivity index (χ2v) is 6.86. The van der Waals surface area contributed by atoms with Crippen molar-refractivity contribution in [2.24, 2.45) is 11.8 Å². The minimum atomic E-state index is 0.696. The summed E-state index contributed by atoms with van der Waals surface area (Å²) < 4.78 is 2.05. The van der Waals surface area contributed by atoms with Crippen LogP contribution < -0.4 is 0 Å². The van der Waals surface area contributed by atoms with Gasteiger partial charge in [-0.15, -0.1) is 0 Å². The standard InChI is InChI=1S/C17H26N4/c1-4-21-10-13(7-15(21)8-18)9-20-11-16(14-5-6-14)17(12-20)19(2)3/h7,10,14,16-17H,4-6,9,11-12H2,1-3H3/t16-,17+/m0/s1. The lowest BCUT2D eigenvalue weighted by Gasteiger charge is -2.25. The number of rotatable bonds is 5. The van der Waals surface area contributed by atoms with E-state index in [1.807, 2.05) is 4.57 Å². The van der Waals surface area contributed by atoms with Crippen molar-refractivity contribution in [2.45, 2.75) is 38.9 Å². The zero-order chi connectivity index (χ0) is 15.0. The molecule has 3 rings (SSSR count). The summed E-state index contributed by atoms with van der Waals surface area (Å²) in [6.45, 7) is 6.31. The van der Waals surface area contributed by atoms with Crippen LogP contribution in [0.5, 0.6) is 0 Å². The lowest BCUT2D eigenvalue weighted by Crippen LogP contribution is -2.36. The Morgan fingerprint density at radius 2 is 2.10 bits per heavy atom. The van der Waals surface area contributed by atoms with Crippen LogP contribution in [-0.2, 0) is 13.1 Å². The molecule has 1 aromatic rings. The lowest BCUT2D eigenvalue weighted by atomic mass is 9.97. The number of aromatic nitrogens is 1. The van der Waals surface area contributed by atoms with E-state index in [-0.39, 0.29) is 0 Å². The third-order valence-electron chi connectivity index (χ3n) is 5.11. The predicted molar refractivity (Wildman–Crippen MR) is 83.8 cm³/mol. The molecule has 0 bridgehead atoms. The Hall–Kier alpha value is -1.31. The van der Waals surface area contributed by atoms with Crippen molar-refractivity contribution in [2.75, 3.05) is 27.2 Å². The number of likely N-dealkylation sites (tertiary alicyclic amines) is 1. The summed E-state index contributed by atoms with van der Waals surface area (Å²) in [5.41, 5.74) is 2.07. The summed E-state index contributed by atoms with van der Waals surface area (Å²) in [6, 6.07) is 5.04. The van der Waals surface area contributed by atoms with Crippen LogP contribution in [0, 0.1) is 23.2 Å². The van der Waals surface area contributed by atoms with Crippen molar-refractivity contribution < 1.29 is 0 Å². The molecular weight excluding hydrogens is 260 g/mol. The molecule has 114 valence electrons. The van der Waals surface area contributed by atoms with E-state index in [2.05, 4.69) is 49.2 Å². The highest BCUT2D eigenvalue weighted by Gasteiger charge is 2.43. The van der Waals surface area contributed by atoms with E-state index in [0.717, 1.165) is 37.2 Å². The summed E-state index contributed by atoms with van der Waals surface area (Å²) in [5, 5.41) is 9.17. The number of nitrogens with zero attached hydrogens (tertiary/aromatic N) is 4. The maximum atomic E-state index is 9.17. The largest absolute Gasteiger partial charge is 0.339 e. The van der Waals surface area contributed by atoms with Crippen molar-refractivity contribution in [1.29, 1.82) is 5.26 Å². The average Bonchev–Trinajstić information content (AvgIpc) is 3.10. The van der Waals surface area contributed by atoms with Crippen LogP contribution >= 0.6 is 0 Å². The van der Waals surface area contributed by atoms with Gasteiger partial charge in [-0.3, -0.25) is 4.90 Å². The fourth-order valence-corrected chi connectivity index (χ4v) is 3.83. The van der Waals surface area contributed by atoms with Crippen molar-refractivity contribution in [3.8, 4) is 6.07 Å². The normalized spacial score (nSPS) is 26.4. The van der Waals surface area contributed by atoms with E-state index in [0.29, 0.717) is 6.04 Å². The number of nitriles is 1. The van der Waals surface area contributed by atoms with Crippen LogP contribution in [0.25, 0.3) is 0 Å². The van der Waals surface area contributed by atoms with Gasteiger partial charge in [-0.1, -0.05) is 0 Å². The first-order valence-electron chi connectivity index (χ1n) is 8.10.